The number of amides is 1. The molecule has 10 heteroatoms. The Morgan fingerprint density at radius 2 is 1.71 bits per heavy atom. The van der Waals surface area contributed by atoms with Crippen molar-refractivity contribution < 1.29 is 13.2 Å². The fraction of sp³-hybridized carbons (Fsp3) is 0.167. The van der Waals surface area contributed by atoms with E-state index >= 15 is 0 Å². The SMILES string of the molecule is Cn1c(NC(=O)CN2c3cccc4cccc(c34)S2(=O)=O)cc(=O)n(C)c1=O. The van der Waals surface area contributed by atoms with Crippen molar-refractivity contribution in [1.29, 1.82) is 0 Å². The molecule has 0 spiro atoms. The number of hydrogen-bond donors (Lipinski definition) is 1. The molecule has 1 N–H and O–H groups in total. The molecule has 0 saturated carbocycles. The first-order valence-corrected chi connectivity index (χ1v) is 9.77. The lowest BCUT2D eigenvalue weighted by atomic mass is 10.1. The first kappa shape index (κ1) is 18.0. The molecule has 0 fully saturated rings. The smallest absolute Gasteiger partial charge is 0.310 e. The number of anilines is 2. The van der Waals surface area contributed by atoms with Crippen LogP contribution in [0.15, 0.2) is 56.9 Å². The molecular weight excluding hydrogens is 384 g/mol. The van der Waals surface area contributed by atoms with E-state index in [1.807, 2.05) is 0 Å². The molecule has 0 atom stereocenters. The highest BCUT2D eigenvalue weighted by molar-refractivity contribution is 7.93. The molecule has 3 aromatic rings. The van der Waals surface area contributed by atoms with Gasteiger partial charge in [-0.2, -0.15) is 0 Å². The maximum Gasteiger partial charge on any atom is 0.332 e. The fourth-order valence-corrected chi connectivity index (χ4v) is 4.96. The summed E-state index contributed by atoms with van der Waals surface area (Å²) < 4.78 is 28.9. The van der Waals surface area contributed by atoms with Gasteiger partial charge in [0.15, 0.2) is 0 Å². The molecule has 0 aliphatic carbocycles. The molecule has 144 valence electrons. The number of nitrogens with zero attached hydrogens (tertiary/aromatic N) is 3. The molecule has 1 amide bonds. The Kier molecular flexibility index (Phi) is 3.89. The van der Waals surface area contributed by atoms with Gasteiger partial charge < -0.3 is 5.32 Å². The second-order valence-electron chi connectivity index (χ2n) is 6.46. The van der Waals surface area contributed by atoms with Crippen molar-refractivity contribution in [2.24, 2.45) is 14.1 Å². The number of aromatic nitrogens is 2. The summed E-state index contributed by atoms with van der Waals surface area (Å²) >= 11 is 0. The zero-order chi connectivity index (χ0) is 20.2. The Labute approximate surface area is 159 Å². The highest BCUT2D eigenvalue weighted by Gasteiger charge is 2.36. The van der Waals surface area contributed by atoms with Crippen LogP contribution in [0.2, 0.25) is 0 Å². The van der Waals surface area contributed by atoms with Crippen molar-refractivity contribution in [2.75, 3.05) is 16.2 Å². The van der Waals surface area contributed by atoms with Crippen molar-refractivity contribution >= 4 is 38.2 Å². The zero-order valence-corrected chi connectivity index (χ0v) is 15.9. The second kappa shape index (κ2) is 6.06. The van der Waals surface area contributed by atoms with Crippen molar-refractivity contribution in [2.45, 2.75) is 4.90 Å². The largest absolute Gasteiger partial charge is 0.332 e. The summed E-state index contributed by atoms with van der Waals surface area (Å²) in [6.45, 7) is -0.487. The monoisotopic (exact) mass is 400 g/mol. The van der Waals surface area contributed by atoms with E-state index in [0.29, 0.717) is 11.1 Å². The third kappa shape index (κ3) is 2.53. The normalized spacial score (nSPS) is 14.4. The van der Waals surface area contributed by atoms with Crippen molar-refractivity contribution in [3.63, 3.8) is 0 Å². The summed E-state index contributed by atoms with van der Waals surface area (Å²) in [6, 6.07) is 11.2. The Morgan fingerprint density at radius 3 is 2.43 bits per heavy atom. The average Bonchev–Trinajstić information content (AvgIpc) is 2.88. The van der Waals surface area contributed by atoms with Crippen LogP contribution in [-0.2, 0) is 28.9 Å². The van der Waals surface area contributed by atoms with Crippen LogP contribution in [0.1, 0.15) is 0 Å². The van der Waals surface area contributed by atoms with Crippen LogP contribution in [0.25, 0.3) is 10.8 Å². The molecule has 0 radical (unpaired) electrons. The lowest BCUT2D eigenvalue weighted by molar-refractivity contribution is -0.114. The quantitative estimate of drug-likeness (QED) is 0.684. The van der Waals surface area contributed by atoms with Crippen LogP contribution in [0, 0.1) is 0 Å². The van der Waals surface area contributed by atoms with E-state index in [1.165, 1.54) is 20.2 Å². The van der Waals surface area contributed by atoms with Crippen LogP contribution < -0.4 is 20.9 Å². The van der Waals surface area contributed by atoms with E-state index in [1.54, 1.807) is 30.3 Å². The molecule has 0 unspecified atom stereocenters. The number of carbonyl (C=O) groups is 1. The molecule has 0 saturated heterocycles. The first-order valence-electron chi connectivity index (χ1n) is 8.33. The molecule has 28 heavy (non-hydrogen) atoms. The third-order valence-corrected chi connectivity index (χ3v) is 6.56. The lowest BCUT2D eigenvalue weighted by Crippen LogP contribution is -2.40. The van der Waals surface area contributed by atoms with Crippen LogP contribution in [0.3, 0.4) is 0 Å². The second-order valence-corrected chi connectivity index (χ2v) is 8.29. The van der Waals surface area contributed by atoms with Crippen molar-refractivity contribution in [1.82, 2.24) is 9.13 Å². The van der Waals surface area contributed by atoms with Crippen LogP contribution >= 0.6 is 0 Å². The molecule has 9 nitrogen and oxygen atoms in total. The Hall–Kier alpha value is -3.40. The lowest BCUT2D eigenvalue weighted by Gasteiger charge is -2.19. The predicted octanol–water partition coefficient (Wildman–Crippen LogP) is 0.385. The van der Waals surface area contributed by atoms with Gasteiger partial charge in [0.25, 0.3) is 15.6 Å². The first-order chi connectivity index (χ1) is 13.2. The van der Waals surface area contributed by atoms with E-state index in [-0.39, 0.29) is 10.7 Å². The Bertz CT molecular complexity index is 1370. The van der Waals surface area contributed by atoms with Gasteiger partial charge in [-0.15, -0.1) is 0 Å². The maximum atomic E-state index is 12.9. The highest BCUT2D eigenvalue weighted by Crippen LogP contribution is 2.41. The topological polar surface area (TPSA) is 110 Å². The summed E-state index contributed by atoms with van der Waals surface area (Å²) in [6.07, 6.45) is 0. The van der Waals surface area contributed by atoms with Gasteiger partial charge in [0, 0.05) is 25.5 Å². The predicted molar refractivity (Wildman–Crippen MR) is 104 cm³/mol. The van der Waals surface area contributed by atoms with Crippen molar-refractivity contribution in [3.8, 4) is 0 Å². The van der Waals surface area contributed by atoms with Gasteiger partial charge in [-0.1, -0.05) is 24.3 Å². The van der Waals surface area contributed by atoms with Gasteiger partial charge in [0.1, 0.15) is 12.4 Å². The van der Waals surface area contributed by atoms with Gasteiger partial charge in [-0.05, 0) is 17.5 Å². The van der Waals surface area contributed by atoms with E-state index < -0.39 is 33.7 Å². The van der Waals surface area contributed by atoms with E-state index in [0.717, 1.165) is 24.9 Å². The molecule has 1 aromatic heterocycles. The van der Waals surface area contributed by atoms with E-state index in [2.05, 4.69) is 5.32 Å². The van der Waals surface area contributed by atoms with Crippen LogP contribution in [0.4, 0.5) is 11.5 Å². The van der Waals surface area contributed by atoms with Crippen LogP contribution in [0.5, 0.6) is 0 Å². The van der Waals surface area contributed by atoms with E-state index in [9.17, 15) is 22.8 Å². The molecule has 2 aromatic carbocycles. The van der Waals surface area contributed by atoms with Gasteiger partial charge in [-0.3, -0.25) is 23.0 Å². The average molecular weight is 400 g/mol. The van der Waals surface area contributed by atoms with Gasteiger partial charge in [-0.25, -0.2) is 13.2 Å². The number of rotatable bonds is 3. The molecule has 2 heterocycles. The van der Waals surface area contributed by atoms with Crippen molar-refractivity contribution in [3.05, 3.63) is 63.3 Å². The molecular formula is C18H16N4O5S. The summed E-state index contributed by atoms with van der Waals surface area (Å²) in [5, 5.41) is 3.78. The number of sulfonamides is 1. The number of nitrogens with one attached hydrogen (secondary N) is 1. The number of carbonyl (C=O) groups excluding carboxylic acids is 1. The molecule has 0 bridgehead atoms. The summed E-state index contributed by atoms with van der Waals surface area (Å²) in [5.41, 5.74) is -0.765. The Balaban J connectivity index is 1.70. The highest BCUT2D eigenvalue weighted by atomic mass is 32.2. The third-order valence-electron chi connectivity index (χ3n) is 4.76. The summed E-state index contributed by atoms with van der Waals surface area (Å²) in [5.74, 6) is -0.679. The molecule has 1 aliphatic rings. The zero-order valence-electron chi connectivity index (χ0n) is 15.0. The number of hydrogen-bond acceptors (Lipinski definition) is 5. The minimum atomic E-state index is -3.88. The van der Waals surface area contributed by atoms with Gasteiger partial charge >= 0.3 is 5.69 Å². The van der Waals surface area contributed by atoms with E-state index in [4.69, 9.17) is 0 Å². The Morgan fingerprint density at radius 1 is 1.04 bits per heavy atom. The summed E-state index contributed by atoms with van der Waals surface area (Å²) in [7, 11) is -1.15. The molecule has 4 rings (SSSR count). The minimum Gasteiger partial charge on any atom is -0.310 e. The molecule has 1 aliphatic heterocycles. The standard InChI is InChI=1S/C18H16N4O5S/c1-20-14(9-16(24)21(2)18(20)25)19-15(23)10-22-12-7-3-5-11-6-4-8-13(17(11)12)28(22,26)27/h3-9H,10H2,1-2H3,(H,19,23). The minimum absolute atomic E-state index is 0.00887. The van der Waals surface area contributed by atoms with Gasteiger partial charge in [0.05, 0.1) is 10.6 Å². The van der Waals surface area contributed by atoms with Gasteiger partial charge in [0.2, 0.25) is 5.91 Å². The van der Waals surface area contributed by atoms with Crippen LogP contribution in [-0.4, -0.2) is 30.0 Å². The fourth-order valence-electron chi connectivity index (χ4n) is 3.29. The maximum absolute atomic E-state index is 12.9. The summed E-state index contributed by atoms with van der Waals surface area (Å²) in [4.78, 5) is 36.5. The number of benzene rings is 2.